The molecule has 1 atom stereocenters. The number of nitrogens with zero attached hydrogens (tertiary/aromatic N) is 1. The summed E-state index contributed by atoms with van der Waals surface area (Å²) in [4.78, 5) is 34.0. The van der Waals surface area contributed by atoms with Gasteiger partial charge >= 0.3 is 12.1 Å². The molecule has 1 rings (SSSR count). The van der Waals surface area contributed by atoms with E-state index in [1.54, 1.807) is 20.8 Å². The highest BCUT2D eigenvalue weighted by Crippen LogP contribution is 2.31. The summed E-state index contributed by atoms with van der Waals surface area (Å²) in [6, 6.07) is 0. The second-order valence-electron chi connectivity index (χ2n) is 5.73. The van der Waals surface area contributed by atoms with E-state index in [4.69, 9.17) is 14.5 Å². The van der Waals surface area contributed by atoms with Gasteiger partial charge in [0.2, 0.25) is 0 Å². The first-order valence-electron chi connectivity index (χ1n) is 6.07. The van der Waals surface area contributed by atoms with E-state index in [9.17, 15) is 14.7 Å². The predicted molar refractivity (Wildman–Crippen MR) is 65.5 cm³/mol. The van der Waals surface area contributed by atoms with Crippen LogP contribution in [0.5, 0.6) is 0 Å². The van der Waals surface area contributed by atoms with Gasteiger partial charge in [-0.2, -0.15) is 4.89 Å². The molecule has 7 heteroatoms. The van der Waals surface area contributed by atoms with Crippen LogP contribution in [0.25, 0.3) is 0 Å². The van der Waals surface area contributed by atoms with Crippen LogP contribution in [0.1, 0.15) is 27.2 Å². The number of methoxy groups -OCH3 is 1. The van der Waals surface area contributed by atoms with Crippen molar-refractivity contribution in [3.63, 3.8) is 0 Å². The summed E-state index contributed by atoms with van der Waals surface area (Å²) in [6.07, 6.45) is -0.338. The second kappa shape index (κ2) is 5.75. The number of carboxylic acid groups (broad SMARTS) is 1. The van der Waals surface area contributed by atoms with Crippen LogP contribution in [0.2, 0.25) is 0 Å². The number of carbonyl (C=O) groups is 2. The first kappa shape index (κ1) is 15.7. The molecule has 0 aromatic carbocycles. The fourth-order valence-corrected chi connectivity index (χ4v) is 1.87. The van der Waals surface area contributed by atoms with Crippen LogP contribution in [0, 0.1) is 5.41 Å². The first-order valence-corrected chi connectivity index (χ1v) is 6.07. The Morgan fingerprint density at radius 1 is 1.37 bits per heavy atom. The third-order valence-electron chi connectivity index (χ3n) is 2.85. The van der Waals surface area contributed by atoms with Crippen LogP contribution in [0.4, 0.5) is 4.79 Å². The van der Waals surface area contributed by atoms with Crippen LogP contribution in [0.3, 0.4) is 0 Å². The first-order chi connectivity index (χ1) is 8.70. The van der Waals surface area contributed by atoms with Crippen molar-refractivity contribution in [3.05, 3.63) is 0 Å². The fraction of sp³-hybridized carbons (Fsp3) is 0.833. The van der Waals surface area contributed by atoms with E-state index in [0.717, 1.165) is 0 Å². The average Bonchev–Trinajstić information content (AvgIpc) is 2.71. The highest BCUT2D eigenvalue weighted by atomic mass is 17.2. The molecule has 1 N–H and O–H groups in total. The normalized spacial score (nSPS) is 23.5. The van der Waals surface area contributed by atoms with E-state index in [-0.39, 0.29) is 13.2 Å². The van der Waals surface area contributed by atoms with Crippen molar-refractivity contribution in [1.29, 1.82) is 0 Å². The third kappa shape index (κ3) is 4.07. The summed E-state index contributed by atoms with van der Waals surface area (Å²) in [5, 5.41) is 9.26. The highest BCUT2D eigenvalue weighted by molar-refractivity contribution is 5.77. The standard InChI is InChI=1S/C12H21NO6/c1-11(2,3)19-18-10(16)13-6-5-12(7-13,8-17-4)9(14)15/h5-8H2,1-4H3,(H,14,15). The number of likely N-dealkylation sites (tertiary alicyclic amines) is 1. The maximum absolute atomic E-state index is 11.8. The molecule has 1 amide bonds. The van der Waals surface area contributed by atoms with Crippen molar-refractivity contribution in [2.45, 2.75) is 32.8 Å². The Bertz CT molecular complexity index is 351. The lowest BCUT2D eigenvalue weighted by atomic mass is 9.88. The zero-order chi connectivity index (χ0) is 14.7. The van der Waals surface area contributed by atoms with Crippen molar-refractivity contribution >= 4 is 12.1 Å². The molecule has 0 aromatic rings. The SMILES string of the molecule is COCC1(C(=O)O)CCN(C(=O)OOC(C)(C)C)C1. The van der Waals surface area contributed by atoms with Crippen molar-refractivity contribution in [1.82, 2.24) is 4.90 Å². The van der Waals surface area contributed by atoms with Crippen molar-refractivity contribution in [2.24, 2.45) is 5.41 Å². The Labute approximate surface area is 112 Å². The molecule has 0 aliphatic carbocycles. The van der Waals surface area contributed by atoms with Gasteiger partial charge in [0.25, 0.3) is 0 Å². The molecule has 0 aromatic heterocycles. The lowest BCUT2D eigenvalue weighted by molar-refractivity contribution is -0.305. The summed E-state index contributed by atoms with van der Waals surface area (Å²) >= 11 is 0. The second-order valence-corrected chi connectivity index (χ2v) is 5.73. The minimum atomic E-state index is -1.06. The van der Waals surface area contributed by atoms with Gasteiger partial charge in [0.1, 0.15) is 11.0 Å². The molecule has 7 nitrogen and oxygen atoms in total. The molecule has 0 radical (unpaired) electrons. The van der Waals surface area contributed by atoms with Gasteiger partial charge in [-0.1, -0.05) is 0 Å². The summed E-state index contributed by atoms with van der Waals surface area (Å²) in [6.45, 7) is 5.67. The van der Waals surface area contributed by atoms with E-state index in [1.165, 1.54) is 12.0 Å². The zero-order valence-electron chi connectivity index (χ0n) is 11.8. The molecule has 1 fully saturated rings. The maximum atomic E-state index is 11.8. The highest BCUT2D eigenvalue weighted by Gasteiger charge is 2.47. The summed E-state index contributed by atoms with van der Waals surface area (Å²) < 4.78 is 4.94. The largest absolute Gasteiger partial charge is 0.481 e. The smallest absolute Gasteiger partial charge is 0.441 e. The molecule has 1 aliphatic rings. The Morgan fingerprint density at radius 3 is 2.47 bits per heavy atom. The average molecular weight is 275 g/mol. The third-order valence-corrected chi connectivity index (χ3v) is 2.85. The predicted octanol–water partition coefficient (Wildman–Crippen LogP) is 1.28. The van der Waals surface area contributed by atoms with E-state index in [0.29, 0.717) is 13.0 Å². The Hall–Kier alpha value is -1.34. The number of hydrogen-bond acceptors (Lipinski definition) is 5. The molecule has 1 heterocycles. The fourth-order valence-electron chi connectivity index (χ4n) is 1.87. The van der Waals surface area contributed by atoms with Gasteiger partial charge in [0.15, 0.2) is 0 Å². The van der Waals surface area contributed by atoms with Gasteiger partial charge in [0, 0.05) is 20.2 Å². The monoisotopic (exact) mass is 275 g/mol. The van der Waals surface area contributed by atoms with Crippen molar-refractivity contribution < 1.29 is 29.2 Å². The Balaban J connectivity index is 2.59. The summed E-state index contributed by atoms with van der Waals surface area (Å²) in [5.41, 5.74) is -1.67. The molecule has 0 spiro atoms. The topological polar surface area (TPSA) is 85.3 Å². The number of amides is 1. The van der Waals surface area contributed by atoms with Gasteiger partial charge in [-0.3, -0.25) is 9.68 Å². The Morgan fingerprint density at radius 2 is 2.00 bits per heavy atom. The number of ether oxygens (including phenoxy) is 1. The lowest BCUT2D eigenvalue weighted by Gasteiger charge is -2.24. The van der Waals surface area contributed by atoms with Crippen LogP contribution >= 0.6 is 0 Å². The van der Waals surface area contributed by atoms with Gasteiger partial charge in [-0.15, -0.1) is 0 Å². The van der Waals surface area contributed by atoms with Crippen LogP contribution in [-0.2, 0) is 19.3 Å². The van der Waals surface area contributed by atoms with Gasteiger partial charge in [0.05, 0.1) is 6.61 Å². The van der Waals surface area contributed by atoms with Crippen molar-refractivity contribution in [2.75, 3.05) is 26.8 Å². The molecular formula is C12H21NO6. The molecule has 110 valence electrons. The number of aliphatic carboxylic acids is 1. The molecule has 0 saturated carbocycles. The number of carboxylic acids is 1. The Kier molecular flexibility index (Phi) is 4.75. The molecular weight excluding hydrogens is 254 g/mol. The van der Waals surface area contributed by atoms with Crippen LogP contribution in [0.15, 0.2) is 0 Å². The number of hydrogen-bond donors (Lipinski definition) is 1. The summed E-state index contributed by atoms with van der Waals surface area (Å²) in [7, 11) is 1.44. The number of rotatable bonds is 4. The van der Waals surface area contributed by atoms with Crippen LogP contribution < -0.4 is 0 Å². The van der Waals surface area contributed by atoms with Gasteiger partial charge in [-0.25, -0.2) is 4.79 Å². The zero-order valence-corrected chi connectivity index (χ0v) is 11.8. The quantitative estimate of drug-likeness (QED) is 0.614. The van der Waals surface area contributed by atoms with Gasteiger partial charge in [-0.05, 0) is 27.2 Å². The van der Waals surface area contributed by atoms with Gasteiger partial charge < -0.3 is 14.7 Å². The summed E-state index contributed by atoms with van der Waals surface area (Å²) in [5.74, 6) is -0.971. The molecule has 1 saturated heterocycles. The maximum Gasteiger partial charge on any atom is 0.441 e. The van der Waals surface area contributed by atoms with E-state index in [2.05, 4.69) is 0 Å². The van der Waals surface area contributed by atoms with E-state index < -0.39 is 23.1 Å². The molecule has 0 bridgehead atoms. The lowest BCUT2D eigenvalue weighted by Crippen LogP contribution is -2.40. The van der Waals surface area contributed by atoms with Crippen LogP contribution in [-0.4, -0.2) is 54.5 Å². The molecule has 1 aliphatic heterocycles. The van der Waals surface area contributed by atoms with E-state index in [1.807, 2.05) is 0 Å². The molecule has 1 unspecified atom stereocenters. The minimum Gasteiger partial charge on any atom is -0.481 e. The van der Waals surface area contributed by atoms with E-state index >= 15 is 0 Å². The molecule has 19 heavy (non-hydrogen) atoms. The number of carbonyl (C=O) groups excluding carboxylic acids is 1. The van der Waals surface area contributed by atoms with Crippen molar-refractivity contribution in [3.8, 4) is 0 Å². The minimum absolute atomic E-state index is 0.0580.